The van der Waals surface area contributed by atoms with Crippen molar-refractivity contribution in [3.8, 4) is 16.9 Å². The number of hydrogen-bond donors (Lipinski definition) is 1. The van der Waals surface area contributed by atoms with Crippen LogP contribution in [-0.2, 0) is 0 Å². The molecule has 0 aliphatic heterocycles. The number of aliphatic imine (C=N–C) groups is 1. The Labute approximate surface area is 135 Å². The Morgan fingerprint density at radius 1 is 0.783 bits per heavy atom. The summed E-state index contributed by atoms with van der Waals surface area (Å²) in [4.78, 5) is 4.43. The molecule has 0 atom stereocenters. The lowest BCUT2D eigenvalue weighted by molar-refractivity contribution is 0.476. The average Bonchev–Trinajstić information content (AvgIpc) is 2.89. The zero-order valence-corrected chi connectivity index (χ0v) is 12.5. The molecule has 1 aliphatic rings. The molecule has 0 saturated heterocycles. The zero-order chi connectivity index (χ0) is 15.8. The van der Waals surface area contributed by atoms with Crippen LogP contribution >= 0.6 is 0 Å². The fraction of sp³-hybridized carbons (Fsp3) is 0. The number of aromatic hydroxyl groups is 1. The Morgan fingerprint density at radius 2 is 1.48 bits per heavy atom. The molecule has 0 aromatic heterocycles. The van der Waals surface area contributed by atoms with E-state index >= 15 is 0 Å². The van der Waals surface area contributed by atoms with Gasteiger partial charge in [-0.1, -0.05) is 55.1 Å². The number of fused-ring (bicyclic) bond motifs is 3. The van der Waals surface area contributed by atoms with Gasteiger partial charge in [0.2, 0.25) is 0 Å². The molecule has 2 nitrogen and oxygen atoms in total. The van der Waals surface area contributed by atoms with Gasteiger partial charge >= 0.3 is 0 Å². The van der Waals surface area contributed by atoms with Crippen molar-refractivity contribution in [2.45, 2.75) is 0 Å². The summed E-state index contributed by atoms with van der Waals surface area (Å²) in [5.74, 6) is 0.258. The summed E-state index contributed by atoms with van der Waals surface area (Å²) in [7, 11) is 0. The van der Waals surface area contributed by atoms with Gasteiger partial charge in [-0.25, -0.2) is 0 Å². The number of benzene rings is 3. The number of phenols is 1. The molecule has 3 aromatic carbocycles. The Hall–Kier alpha value is -3.13. The van der Waals surface area contributed by atoms with Gasteiger partial charge in [-0.2, -0.15) is 0 Å². The fourth-order valence-corrected chi connectivity index (χ4v) is 3.00. The van der Waals surface area contributed by atoms with E-state index in [4.69, 9.17) is 0 Å². The lowest BCUT2D eigenvalue weighted by Gasteiger charge is -2.07. The number of hydrogen-bond acceptors (Lipinski definition) is 2. The van der Waals surface area contributed by atoms with Gasteiger partial charge in [0.1, 0.15) is 5.75 Å². The second-order valence-corrected chi connectivity index (χ2v) is 5.54. The zero-order valence-electron chi connectivity index (χ0n) is 12.5. The summed E-state index contributed by atoms with van der Waals surface area (Å²) in [6, 6.07) is 21.6. The molecule has 2 heteroatoms. The van der Waals surface area contributed by atoms with Crippen molar-refractivity contribution in [1.29, 1.82) is 0 Å². The van der Waals surface area contributed by atoms with E-state index in [2.05, 4.69) is 11.6 Å². The monoisotopic (exact) mass is 297 g/mol. The highest BCUT2D eigenvalue weighted by Gasteiger charge is 2.25. The third-order valence-electron chi connectivity index (χ3n) is 4.16. The summed E-state index contributed by atoms with van der Waals surface area (Å²) in [6.07, 6.45) is 1.70. The van der Waals surface area contributed by atoms with Crippen molar-refractivity contribution < 1.29 is 5.11 Å². The molecule has 0 heterocycles. The van der Waals surface area contributed by atoms with Crippen molar-refractivity contribution in [2.75, 3.05) is 0 Å². The smallest absolute Gasteiger partial charge is 0.132 e. The molecule has 0 fully saturated rings. The van der Waals surface area contributed by atoms with E-state index in [1.54, 1.807) is 6.21 Å². The van der Waals surface area contributed by atoms with E-state index < -0.39 is 0 Å². The van der Waals surface area contributed by atoms with E-state index in [1.165, 1.54) is 0 Å². The standard InChI is InChI=1S/C21H15NO/c1-14-17-9-5-6-10-19(17)20-18(14)12-11-15(21(20)23)13-22-16-7-3-2-4-8-16/h2-13,23H,1H2/b22-13+. The molecule has 0 spiro atoms. The molecule has 0 bridgehead atoms. The van der Waals surface area contributed by atoms with Gasteiger partial charge in [-0.3, -0.25) is 4.99 Å². The fourth-order valence-electron chi connectivity index (χ4n) is 3.00. The summed E-state index contributed by atoms with van der Waals surface area (Å²) in [5, 5.41) is 10.7. The van der Waals surface area contributed by atoms with Crippen LogP contribution < -0.4 is 0 Å². The Morgan fingerprint density at radius 3 is 2.26 bits per heavy atom. The van der Waals surface area contributed by atoms with Gasteiger partial charge in [-0.05, 0) is 40.5 Å². The molecule has 1 aliphatic carbocycles. The number of nitrogens with zero attached hydrogens (tertiary/aromatic N) is 1. The van der Waals surface area contributed by atoms with Gasteiger partial charge in [-0.15, -0.1) is 0 Å². The summed E-state index contributed by atoms with van der Waals surface area (Å²) in [6.45, 7) is 4.16. The second kappa shape index (κ2) is 5.25. The third kappa shape index (κ3) is 2.16. The molecule has 4 rings (SSSR count). The highest BCUT2D eigenvalue weighted by Crippen LogP contribution is 2.48. The lowest BCUT2D eigenvalue weighted by Crippen LogP contribution is -1.87. The summed E-state index contributed by atoms with van der Waals surface area (Å²) < 4.78 is 0. The van der Waals surface area contributed by atoms with E-state index in [0.717, 1.165) is 33.5 Å². The maximum Gasteiger partial charge on any atom is 0.132 e. The number of phenolic OH excluding ortho intramolecular Hbond substituents is 1. The van der Waals surface area contributed by atoms with Crippen molar-refractivity contribution >= 4 is 17.5 Å². The normalized spacial score (nSPS) is 12.4. The number of para-hydroxylation sites is 1. The molecule has 0 amide bonds. The first-order valence-corrected chi connectivity index (χ1v) is 7.50. The number of rotatable bonds is 2. The largest absolute Gasteiger partial charge is 0.507 e. The van der Waals surface area contributed by atoms with Gasteiger partial charge in [0, 0.05) is 17.3 Å². The van der Waals surface area contributed by atoms with Crippen LogP contribution in [0.3, 0.4) is 0 Å². The Kier molecular flexibility index (Phi) is 3.09. The first-order valence-electron chi connectivity index (χ1n) is 7.50. The first-order chi connectivity index (χ1) is 11.3. The molecular weight excluding hydrogens is 282 g/mol. The summed E-state index contributed by atoms with van der Waals surface area (Å²) >= 11 is 0. The predicted octanol–water partition coefficient (Wildman–Crippen LogP) is 5.18. The van der Waals surface area contributed by atoms with Gasteiger partial charge in [0.15, 0.2) is 0 Å². The van der Waals surface area contributed by atoms with Gasteiger partial charge in [0.25, 0.3) is 0 Å². The first kappa shape index (κ1) is 13.5. The van der Waals surface area contributed by atoms with E-state index in [-0.39, 0.29) is 5.75 Å². The summed E-state index contributed by atoms with van der Waals surface area (Å²) in [5.41, 5.74) is 6.46. The van der Waals surface area contributed by atoms with E-state index in [0.29, 0.717) is 5.56 Å². The second-order valence-electron chi connectivity index (χ2n) is 5.54. The Bertz CT molecular complexity index is 939. The molecule has 0 radical (unpaired) electrons. The van der Waals surface area contributed by atoms with Gasteiger partial charge in [0.05, 0.1) is 5.69 Å². The molecule has 0 unspecified atom stereocenters. The maximum atomic E-state index is 10.7. The lowest BCUT2D eigenvalue weighted by atomic mass is 10.0. The molecule has 3 aromatic rings. The highest BCUT2D eigenvalue weighted by atomic mass is 16.3. The van der Waals surface area contributed by atoms with Crippen LogP contribution in [0, 0.1) is 0 Å². The maximum absolute atomic E-state index is 10.7. The van der Waals surface area contributed by atoms with Crippen LogP contribution in [0.25, 0.3) is 16.7 Å². The third-order valence-corrected chi connectivity index (χ3v) is 4.16. The minimum Gasteiger partial charge on any atom is -0.507 e. The van der Waals surface area contributed by atoms with Crippen LogP contribution in [0.1, 0.15) is 16.7 Å². The minimum atomic E-state index is 0.258. The minimum absolute atomic E-state index is 0.258. The quantitative estimate of drug-likeness (QED) is 0.508. The molecule has 23 heavy (non-hydrogen) atoms. The van der Waals surface area contributed by atoms with Crippen molar-refractivity contribution in [2.24, 2.45) is 4.99 Å². The van der Waals surface area contributed by atoms with Crippen LogP contribution in [0.4, 0.5) is 5.69 Å². The van der Waals surface area contributed by atoms with Crippen LogP contribution in [0.2, 0.25) is 0 Å². The van der Waals surface area contributed by atoms with Crippen LogP contribution in [0.5, 0.6) is 5.75 Å². The highest BCUT2D eigenvalue weighted by molar-refractivity contribution is 6.05. The molecule has 0 saturated carbocycles. The Balaban J connectivity index is 1.82. The van der Waals surface area contributed by atoms with E-state index in [9.17, 15) is 5.11 Å². The molecule has 1 N–H and O–H groups in total. The molecular formula is C21H15NO. The average molecular weight is 297 g/mol. The van der Waals surface area contributed by atoms with Crippen molar-refractivity contribution in [3.05, 3.63) is 90.0 Å². The van der Waals surface area contributed by atoms with E-state index in [1.807, 2.05) is 66.7 Å². The van der Waals surface area contributed by atoms with Crippen LogP contribution in [-0.4, -0.2) is 11.3 Å². The molecule has 110 valence electrons. The van der Waals surface area contributed by atoms with Crippen LogP contribution in [0.15, 0.2) is 78.3 Å². The van der Waals surface area contributed by atoms with Gasteiger partial charge < -0.3 is 5.11 Å². The van der Waals surface area contributed by atoms with Crippen molar-refractivity contribution in [1.82, 2.24) is 0 Å². The SMILES string of the molecule is C=C1c2ccccc2-c2c1ccc(/C=N/c1ccccc1)c2O. The van der Waals surface area contributed by atoms with Crippen molar-refractivity contribution in [3.63, 3.8) is 0 Å². The predicted molar refractivity (Wildman–Crippen MR) is 95.4 cm³/mol. The topological polar surface area (TPSA) is 32.6 Å².